The summed E-state index contributed by atoms with van der Waals surface area (Å²) in [6, 6.07) is 12.4. The van der Waals surface area contributed by atoms with Crippen LogP contribution in [0.25, 0.3) is 10.9 Å². The van der Waals surface area contributed by atoms with Gasteiger partial charge in [-0.2, -0.15) is 5.10 Å². The van der Waals surface area contributed by atoms with Gasteiger partial charge >= 0.3 is 0 Å². The first-order valence-electron chi connectivity index (χ1n) is 6.60. The Bertz CT molecular complexity index is 800. The fourth-order valence-electron chi connectivity index (χ4n) is 2.50. The Labute approximate surface area is 126 Å². The number of nitrogens with zero attached hydrogens (tertiary/aromatic N) is 2. The quantitative estimate of drug-likeness (QED) is 0.802. The number of hydrogen-bond acceptors (Lipinski definition) is 2. The van der Waals surface area contributed by atoms with Gasteiger partial charge in [-0.1, -0.05) is 41.9 Å². The molecule has 1 atom stereocenters. The van der Waals surface area contributed by atoms with Gasteiger partial charge in [0.05, 0.1) is 16.2 Å². The van der Waals surface area contributed by atoms with Crippen molar-refractivity contribution in [1.82, 2.24) is 9.78 Å². The molecule has 0 bridgehead atoms. The Morgan fingerprint density at radius 3 is 2.81 bits per heavy atom. The fraction of sp³-hybridized carbons (Fsp3) is 0.188. The number of benzene rings is 2. The Morgan fingerprint density at radius 2 is 2.00 bits per heavy atom. The second-order valence-corrected chi connectivity index (χ2v) is 5.37. The predicted octanol–water partition coefficient (Wildman–Crippen LogP) is 3.64. The van der Waals surface area contributed by atoms with Crippen molar-refractivity contribution >= 4 is 22.5 Å². The highest BCUT2D eigenvalue weighted by atomic mass is 35.5. The normalized spacial score (nSPS) is 12.8. The first kappa shape index (κ1) is 14.0. The van der Waals surface area contributed by atoms with Crippen molar-refractivity contribution in [1.29, 1.82) is 0 Å². The van der Waals surface area contributed by atoms with E-state index in [0.717, 1.165) is 10.9 Å². The summed E-state index contributed by atoms with van der Waals surface area (Å²) in [6.45, 7) is 0. The van der Waals surface area contributed by atoms with Crippen LogP contribution in [0.4, 0.5) is 4.39 Å². The topological polar surface area (TPSA) is 38.0 Å². The zero-order valence-electron chi connectivity index (χ0n) is 11.4. The summed E-state index contributed by atoms with van der Waals surface area (Å²) < 4.78 is 15.6. The molecule has 0 saturated heterocycles. The average molecular weight is 305 g/mol. The maximum atomic E-state index is 13.9. The first-order chi connectivity index (χ1) is 10.1. The standard InChI is InChI=1S/C16H14ClFN2O/c1-20-13-8-3-2-6-11(13)16(19-20)14(21)9-10-5-4-7-12(17)15(10)18/h2-8,14,21H,9H2,1H3. The van der Waals surface area contributed by atoms with Gasteiger partial charge in [-0.3, -0.25) is 4.68 Å². The van der Waals surface area contributed by atoms with Gasteiger partial charge in [0.1, 0.15) is 11.9 Å². The molecule has 5 heteroatoms. The number of para-hydroxylation sites is 1. The van der Waals surface area contributed by atoms with E-state index in [-0.39, 0.29) is 11.4 Å². The number of aliphatic hydroxyl groups excluding tert-OH is 1. The van der Waals surface area contributed by atoms with E-state index in [1.807, 2.05) is 31.3 Å². The van der Waals surface area contributed by atoms with Crippen molar-refractivity contribution in [2.24, 2.45) is 7.05 Å². The van der Waals surface area contributed by atoms with E-state index in [4.69, 9.17) is 11.6 Å². The number of hydrogen-bond donors (Lipinski definition) is 1. The Kier molecular flexibility index (Phi) is 3.66. The molecule has 0 saturated carbocycles. The average Bonchev–Trinajstić information content (AvgIpc) is 2.82. The molecule has 1 unspecified atom stereocenters. The van der Waals surface area contributed by atoms with Crippen molar-refractivity contribution in [3.05, 3.63) is 64.6 Å². The van der Waals surface area contributed by atoms with Crippen LogP contribution in [0.2, 0.25) is 5.02 Å². The van der Waals surface area contributed by atoms with Gasteiger partial charge in [0.15, 0.2) is 0 Å². The predicted molar refractivity (Wildman–Crippen MR) is 80.8 cm³/mol. The molecule has 1 N–H and O–H groups in total. The van der Waals surface area contributed by atoms with E-state index in [2.05, 4.69) is 5.10 Å². The van der Waals surface area contributed by atoms with Crippen LogP contribution in [0.3, 0.4) is 0 Å². The minimum absolute atomic E-state index is 0.0607. The number of halogens is 2. The summed E-state index contributed by atoms with van der Waals surface area (Å²) in [6.07, 6.45) is -0.753. The van der Waals surface area contributed by atoms with Crippen LogP contribution in [0.1, 0.15) is 17.4 Å². The molecular formula is C16H14ClFN2O. The van der Waals surface area contributed by atoms with Crippen LogP contribution in [0, 0.1) is 5.82 Å². The van der Waals surface area contributed by atoms with Gasteiger partial charge < -0.3 is 5.11 Å². The lowest BCUT2D eigenvalue weighted by molar-refractivity contribution is 0.173. The van der Waals surface area contributed by atoms with E-state index in [0.29, 0.717) is 11.3 Å². The number of aliphatic hydroxyl groups is 1. The first-order valence-corrected chi connectivity index (χ1v) is 6.98. The monoisotopic (exact) mass is 304 g/mol. The largest absolute Gasteiger partial charge is 0.386 e. The third-order valence-corrected chi connectivity index (χ3v) is 3.84. The van der Waals surface area contributed by atoms with Crippen LogP contribution < -0.4 is 0 Å². The molecule has 1 heterocycles. The molecule has 3 aromatic rings. The van der Waals surface area contributed by atoms with Crippen molar-refractivity contribution < 1.29 is 9.50 Å². The maximum Gasteiger partial charge on any atom is 0.145 e. The van der Waals surface area contributed by atoms with Gasteiger partial charge in [-0.15, -0.1) is 0 Å². The van der Waals surface area contributed by atoms with Crippen molar-refractivity contribution in [3.8, 4) is 0 Å². The third-order valence-electron chi connectivity index (χ3n) is 3.55. The van der Waals surface area contributed by atoms with Crippen molar-refractivity contribution in [2.45, 2.75) is 12.5 Å². The number of aryl methyl sites for hydroxylation is 1. The molecule has 0 amide bonds. The second kappa shape index (κ2) is 5.47. The van der Waals surface area contributed by atoms with E-state index in [9.17, 15) is 9.50 Å². The summed E-state index contributed by atoms with van der Waals surface area (Å²) in [5, 5.41) is 15.7. The smallest absolute Gasteiger partial charge is 0.145 e. The summed E-state index contributed by atoms with van der Waals surface area (Å²) >= 11 is 5.77. The van der Waals surface area contributed by atoms with Gasteiger partial charge in [-0.05, 0) is 17.7 Å². The van der Waals surface area contributed by atoms with Gasteiger partial charge in [0.25, 0.3) is 0 Å². The Morgan fingerprint density at radius 1 is 1.24 bits per heavy atom. The number of aromatic nitrogens is 2. The number of fused-ring (bicyclic) bond motifs is 1. The molecule has 0 aliphatic rings. The van der Waals surface area contributed by atoms with E-state index >= 15 is 0 Å². The van der Waals surface area contributed by atoms with Crippen molar-refractivity contribution in [3.63, 3.8) is 0 Å². The van der Waals surface area contributed by atoms with Gasteiger partial charge in [0.2, 0.25) is 0 Å². The van der Waals surface area contributed by atoms with E-state index in [1.54, 1.807) is 16.8 Å². The highest BCUT2D eigenvalue weighted by molar-refractivity contribution is 6.30. The molecule has 108 valence electrons. The molecule has 0 fully saturated rings. The van der Waals surface area contributed by atoms with Crippen LogP contribution in [0.5, 0.6) is 0 Å². The second-order valence-electron chi connectivity index (χ2n) is 4.96. The summed E-state index contributed by atoms with van der Waals surface area (Å²) in [4.78, 5) is 0. The molecule has 0 radical (unpaired) electrons. The van der Waals surface area contributed by atoms with Crippen molar-refractivity contribution in [2.75, 3.05) is 0 Å². The molecule has 0 aliphatic heterocycles. The van der Waals surface area contributed by atoms with E-state index in [1.165, 1.54) is 6.07 Å². The minimum Gasteiger partial charge on any atom is -0.386 e. The van der Waals surface area contributed by atoms with E-state index < -0.39 is 11.9 Å². The molecule has 3 nitrogen and oxygen atoms in total. The SMILES string of the molecule is Cn1nc(C(O)Cc2cccc(Cl)c2F)c2ccccc21. The maximum absolute atomic E-state index is 13.9. The molecular weight excluding hydrogens is 291 g/mol. The lowest BCUT2D eigenvalue weighted by Crippen LogP contribution is -2.05. The molecule has 3 rings (SSSR count). The molecule has 21 heavy (non-hydrogen) atoms. The zero-order chi connectivity index (χ0) is 15.0. The Balaban J connectivity index is 1.98. The Hall–Kier alpha value is -1.91. The lowest BCUT2D eigenvalue weighted by atomic mass is 10.0. The zero-order valence-corrected chi connectivity index (χ0v) is 12.2. The molecule has 0 spiro atoms. The van der Waals surface area contributed by atoms with Gasteiger partial charge in [0, 0.05) is 18.9 Å². The highest BCUT2D eigenvalue weighted by Gasteiger charge is 2.19. The number of rotatable bonds is 3. The van der Waals surface area contributed by atoms with Gasteiger partial charge in [-0.25, -0.2) is 4.39 Å². The van der Waals surface area contributed by atoms with Crippen LogP contribution in [-0.2, 0) is 13.5 Å². The summed E-state index contributed by atoms with van der Waals surface area (Å²) in [5.41, 5.74) is 1.86. The summed E-state index contributed by atoms with van der Waals surface area (Å²) in [7, 11) is 1.82. The fourth-order valence-corrected chi connectivity index (χ4v) is 2.69. The molecule has 0 aliphatic carbocycles. The molecule has 1 aromatic heterocycles. The summed E-state index contributed by atoms with van der Waals surface area (Å²) in [5.74, 6) is -0.488. The highest BCUT2D eigenvalue weighted by Crippen LogP contribution is 2.27. The van der Waals surface area contributed by atoms with Crippen LogP contribution in [-0.4, -0.2) is 14.9 Å². The van der Waals surface area contributed by atoms with Crippen LogP contribution >= 0.6 is 11.6 Å². The minimum atomic E-state index is -0.885. The van der Waals surface area contributed by atoms with Crippen LogP contribution in [0.15, 0.2) is 42.5 Å². The molecule has 2 aromatic carbocycles. The third kappa shape index (κ3) is 2.52. The lowest BCUT2D eigenvalue weighted by Gasteiger charge is -2.10.